The van der Waals surface area contributed by atoms with Crippen LogP contribution < -0.4 is 5.73 Å². The highest BCUT2D eigenvalue weighted by molar-refractivity contribution is 7.10. The summed E-state index contributed by atoms with van der Waals surface area (Å²) in [5.74, 6) is 0. The Morgan fingerprint density at radius 2 is 1.67 bits per heavy atom. The molecule has 0 fully saturated rings. The average molecular weight is 330 g/mol. The lowest BCUT2D eigenvalue weighted by Gasteiger charge is -2.11. The fourth-order valence-corrected chi connectivity index (χ4v) is 3.91. The fraction of sp³-hybridized carbons (Fsp3) is 0.0952. The van der Waals surface area contributed by atoms with Crippen LogP contribution in [0.1, 0.15) is 22.2 Å². The normalized spacial score (nSPS) is 12.4. The lowest BCUT2D eigenvalue weighted by atomic mass is 10.0. The zero-order valence-corrected chi connectivity index (χ0v) is 14.3. The van der Waals surface area contributed by atoms with Crippen LogP contribution in [0, 0.1) is 6.92 Å². The third-order valence-corrected chi connectivity index (χ3v) is 5.30. The highest BCUT2D eigenvalue weighted by Crippen LogP contribution is 2.32. The molecule has 118 valence electrons. The topological polar surface area (TPSA) is 38.9 Å². The summed E-state index contributed by atoms with van der Waals surface area (Å²) in [7, 11) is 0. The van der Waals surface area contributed by atoms with Gasteiger partial charge >= 0.3 is 0 Å². The third kappa shape index (κ3) is 2.62. The van der Waals surface area contributed by atoms with E-state index in [9.17, 15) is 0 Å². The van der Waals surface area contributed by atoms with Gasteiger partial charge in [0.1, 0.15) is 5.01 Å². The lowest BCUT2D eigenvalue weighted by Crippen LogP contribution is -2.12. The van der Waals surface area contributed by atoms with Gasteiger partial charge in [0.15, 0.2) is 0 Å². The molecule has 4 aromatic rings. The highest BCUT2D eigenvalue weighted by Gasteiger charge is 2.16. The number of aromatic nitrogens is 1. The van der Waals surface area contributed by atoms with Crippen molar-refractivity contribution in [3.8, 4) is 11.3 Å². The Morgan fingerprint density at radius 1 is 0.917 bits per heavy atom. The number of aryl methyl sites for hydroxylation is 1. The van der Waals surface area contributed by atoms with Crippen LogP contribution in [0.3, 0.4) is 0 Å². The standard InChI is InChI=1S/C21H18N2S/c1-14-7-2-4-10-16(14)20(22)21-23-19(13-24-21)18-12-6-9-15-8-3-5-11-17(15)18/h2-13,20H,22H2,1H3. The number of thiazole rings is 1. The number of nitrogens with zero attached hydrogens (tertiary/aromatic N) is 1. The zero-order chi connectivity index (χ0) is 16.5. The van der Waals surface area contributed by atoms with Crippen molar-refractivity contribution in [3.63, 3.8) is 0 Å². The molecule has 0 amide bonds. The molecule has 3 heteroatoms. The van der Waals surface area contributed by atoms with Crippen LogP contribution in [0.25, 0.3) is 22.0 Å². The molecule has 0 aliphatic heterocycles. The molecule has 0 spiro atoms. The van der Waals surface area contributed by atoms with Crippen molar-refractivity contribution >= 4 is 22.1 Å². The Hall–Kier alpha value is -2.49. The molecular formula is C21H18N2S. The maximum absolute atomic E-state index is 6.47. The van der Waals surface area contributed by atoms with Crippen LogP contribution >= 0.6 is 11.3 Å². The summed E-state index contributed by atoms with van der Waals surface area (Å²) >= 11 is 1.63. The van der Waals surface area contributed by atoms with Gasteiger partial charge in [-0.1, -0.05) is 66.7 Å². The number of rotatable bonds is 3. The summed E-state index contributed by atoms with van der Waals surface area (Å²) in [6, 6.07) is 22.8. The summed E-state index contributed by atoms with van der Waals surface area (Å²) in [5.41, 5.74) is 11.0. The van der Waals surface area contributed by atoms with Crippen molar-refractivity contribution in [1.29, 1.82) is 0 Å². The molecular weight excluding hydrogens is 312 g/mol. The SMILES string of the molecule is Cc1ccccc1C(N)c1nc(-c2cccc3ccccc23)cs1. The fourth-order valence-electron chi connectivity index (χ4n) is 3.07. The van der Waals surface area contributed by atoms with Gasteiger partial charge < -0.3 is 5.73 Å². The summed E-state index contributed by atoms with van der Waals surface area (Å²) in [6.07, 6.45) is 0. The first-order valence-corrected chi connectivity index (χ1v) is 8.86. The molecule has 2 nitrogen and oxygen atoms in total. The number of hydrogen-bond acceptors (Lipinski definition) is 3. The van der Waals surface area contributed by atoms with Gasteiger partial charge in [0.05, 0.1) is 11.7 Å². The molecule has 2 N–H and O–H groups in total. The van der Waals surface area contributed by atoms with Gasteiger partial charge in [0.25, 0.3) is 0 Å². The van der Waals surface area contributed by atoms with E-state index >= 15 is 0 Å². The first-order chi connectivity index (χ1) is 11.7. The van der Waals surface area contributed by atoms with E-state index in [1.807, 2.05) is 12.1 Å². The molecule has 1 aromatic heterocycles. The van der Waals surface area contributed by atoms with Crippen LogP contribution in [-0.2, 0) is 0 Å². The van der Waals surface area contributed by atoms with E-state index in [4.69, 9.17) is 10.7 Å². The molecule has 24 heavy (non-hydrogen) atoms. The van der Waals surface area contributed by atoms with E-state index < -0.39 is 0 Å². The van der Waals surface area contributed by atoms with Gasteiger partial charge in [-0.25, -0.2) is 4.98 Å². The minimum absolute atomic E-state index is 0.181. The van der Waals surface area contributed by atoms with Crippen LogP contribution in [0.2, 0.25) is 0 Å². The molecule has 4 rings (SSSR count). The minimum atomic E-state index is -0.181. The highest BCUT2D eigenvalue weighted by atomic mass is 32.1. The monoisotopic (exact) mass is 330 g/mol. The molecule has 0 saturated heterocycles. The number of fused-ring (bicyclic) bond motifs is 1. The predicted molar refractivity (Wildman–Crippen MR) is 102 cm³/mol. The Balaban J connectivity index is 1.76. The van der Waals surface area contributed by atoms with E-state index in [0.29, 0.717) is 0 Å². The lowest BCUT2D eigenvalue weighted by molar-refractivity contribution is 0.850. The van der Waals surface area contributed by atoms with Crippen molar-refractivity contribution in [3.05, 3.63) is 88.2 Å². The minimum Gasteiger partial charge on any atom is -0.318 e. The third-order valence-electron chi connectivity index (χ3n) is 4.38. The Morgan fingerprint density at radius 3 is 2.54 bits per heavy atom. The largest absolute Gasteiger partial charge is 0.318 e. The first-order valence-electron chi connectivity index (χ1n) is 7.99. The van der Waals surface area contributed by atoms with E-state index in [1.54, 1.807) is 11.3 Å². The summed E-state index contributed by atoms with van der Waals surface area (Å²) < 4.78 is 0. The Kier molecular flexibility index (Phi) is 3.89. The van der Waals surface area contributed by atoms with E-state index in [2.05, 4.69) is 66.9 Å². The van der Waals surface area contributed by atoms with Crippen LogP contribution in [0.4, 0.5) is 0 Å². The summed E-state index contributed by atoms with van der Waals surface area (Å²) in [6.45, 7) is 2.09. The van der Waals surface area contributed by atoms with Gasteiger partial charge in [-0.2, -0.15) is 0 Å². The smallest absolute Gasteiger partial charge is 0.115 e. The molecule has 3 aromatic carbocycles. The van der Waals surface area contributed by atoms with Gasteiger partial charge in [-0.3, -0.25) is 0 Å². The van der Waals surface area contributed by atoms with Gasteiger partial charge in [-0.05, 0) is 28.8 Å². The summed E-state index contributed by atoms with van der Waals surface area (Å²) in [5, 5.41) is 5.51. The quantitative estimate of drug-likeness (QED) is 0.552. The molecule has 0 aliphatic rings. The van der Waals surface area contributed by atoms with Crippen LogP contribution in [0.15, 0.2) is 72.1 Å². The average Bonchev–Trinajstić information content (AvgIpc) is 3.11. The number of benzene rings is 3. The second-order valence-corrected chi connectivity index (χ2v) is 6.82. The van der Waals surface area contributed by atoms with Crippen molar-refractivity contribution in [2.45, 2.75) is 13.0 Å². The van der Waals surface area contributed by atoms with E-state index in [1.165, 1.54) is 16.3 Å². The van der Waals surface area contributed by atoms with Crippen molar-refractivity contribution in [1.82, 2.24) is 4.98 Å². The first kappa shape index (κ1) is 15.1. The van der Waals surface area contributed by atoms with Crippen LogP contribution in [0.5, 0.6) is 0 Å². The van der Waals surface area contributed by atoms with Crippen molar-refractivity contribution < 1.29 is 0 Å². The number of hydrogen-bond donors (Lipinski definition) is 1. The van der Waals surface area contributed by atoms with Crippen molar-refractivity contribution in [2.24, 2.45) is 5.73 Å². The molecule has 0 bridgehead atoms. The molecule has 0 saturated carbocycles. The second-order valence-electron chi connectivity index (χ2n) is 5.93. The Labute approximate surface area is 145 Å². The molecule has 1 atom stereocenters. The van der Waals surface area contributed by atoms with Crippen LogP contribution in [-0.4, -0.2) is 4.98 Å². The van der Waals surface area contributed by atoms with E-state index in [0.717, 1.165) is 21.8 Å². The maximum atomic E-state index is 6.47. The summed E-state index contributed by atoms with van der Waals surface area (Å²) in [4.78, 5) is 4.84. The van der Waals surface area contributed by atoms with Crippen molar-refractivity contribution in [2.75, 3.05) is 0 Å². The van der Waals surface area contributed by atoms with E-state index in [-0.39, 0.29) is 6.04 Å². The maximum Gasteiger partial charge on any atom is 0.115 e. The molecule has 1 unspecified atom stereocenters. The number of nitrogens with two attached hydrogens (primary N) is 1. The van der Waals surface area contributed by atoms with Gasteiger partial charge in [0.2, 0.25) is 0 Å². The molecule has 0 aliphatic carbocycles. The second kappa shape index (κ2) is 6.19. The zero-order valence-electron chi connectivity index (χ0n) is 13.4. The van der Waals surface area contributed by atoms with Gasteiger partial charge in [0, 0.05) is 10.9 Å². The Bertz CT molecular complexity index is 998. The molecule has 1 heterocycles. The molecule has 0 radical (unpaired) electrons. The van der Waals surface area contributed by atoms with Gasteiger partial charge in [-0.15, -0.1) is 11.3 Å². The predicted octanol–water partition coefficient (Wildman–Crippen LogP) is 5.32.